The predicted molar refractivity (Wildman–Crippen MR) is 110 cm³/mol. The monoisotopic (exact) mass is 444 g/mol. The quantitative estimate of drug-likeness (QED) is 0.488. The number of carbonyl (C=O) groups is 1. The predicted octanol–water partition coefficient (Wildman–Crippen LogP) is 3.94. The highest BCUT2D eigenvalue weighted by Gasteiger charge is 2.22. The standard InChI is InChI=1S/C22H18F2N2O4S/c1-14-19(20-11-16(24)6-9-21(20)25(14)13-22(27)28)12-17-3-2-10-26(17)31(29,30)18-7-4-15(23)5-8-18/h2-11H,12-13H2,1H3,(H,27,28). The third-order valence-electron chi connectivity index (χ3n) is 5.23. The van der Waals surface area contributed by atoms with Crippen LogP contribution >= 0.6 is 0 Å². The molecule has 0 aliphatic rings. The molecular formula is C22H18F2N2O4S. The Balaban J connectivity index is 1.83. The van der Waals surface area contributed by atoms with Crippen molar-refractivity contribution in [2.45, 2.75) is 24.8 Å². The maximum absolute atomic E-state index is 14.0. The number of aliphatic carboxylic acids is 1. The van der Waals surface area contributed by atoms with Crippen LogP contribution in [0.25, 0.3) is 10.9 Å². The number of nitrogens with zero attached hydrogens (tertiary/aromatic N) is 2. The number of carboxylic acid groups (broad SMARTS) is 1. The van der Waals surface area contributed by atoms with Crippen LogP contribution in [0.3, 0.4) is 0 Å². The van der Waals surface area contributed by atoms with Crippen molar-refractivity contribution in [2.75, 3.05) is 0 Å². The van der Waals surface area contributed by atoms with E-state index in [-0.39, 0.29) is 17.9 Å². The Morgan fingerprint density at radius 3 is 2.39 bits per heavy atom. The van der Waals surface area contributed by atoms with Crippen molar-refractivity contribution >= 4 is 26.9 Å². The zero-order chi connectivity index (χ0) is 22.3. The molecule has 2 heterocycles. The zero-order valence-corrected chi connectivity index (χ0v) is 17.2. The number of halogens is 2. The van der Waals surface area contributed by atoms with Crippen molar-refractivity contribution in [3.8, 4) is 0 Å². The second kappa shape index (κ2) is 7.66. The minimum Gasteiger partial charge on any atom is -0.480 e. The van der Waals surface area contributed by atoms with Gasteiger partial charge in [0.1, 0.15) is 18.2 Å². The summed E-state index contributed by atoms with van der Waals surface area (Å²) in [6.07, 6.45) is 1.52. The SMILES string of the molecule is Cc1c(Cc2cccn2S(=O)(=O)c2ccc(F)cc2)c2cc(F)ccc2n1CC(=O)O. The van der Waals surface area contributed by atoms with Crippen LogP contribution in [0.15, 0.2) is 65.7 Å². The van der Waals surface area contributed by atoms with Crippen LogP contribution in [-0.2, 0) is 27.8 Å². The molecule has 9 heteroatoms. The van der Waals surface area contributed by atoms with Crippen molar-refractivity contribution in [1.29, 1.82) is 0 Å². The van der Waals surface area contributed by atoms with E-state index in [4.69, 9.17) is 0 Å². The molecule has 0 spiro atoms. The van der Waals surface area contributed by atoms with Crippen molar-refractivity contribution in [3.63, 3.8) is 0 Å². The summed E-state index contributed by atoms with van der Waals surface area (Å²) in [5, 5.41) is 9.78. The van der Waals surface area contributed by atoms with Crippen molar-refractivity contribution in [3.05, 3.63) is 89.4 Å². The lowest BCUT2D eigenvalue weighted by Crippen LogP contribution is -2.15. The van der Waals surface area contributed by atoms with Gasteiger partial charge in [-0.3, -0.25) is 4.79 Å². The van der Waals surface area contributed by atoms with Gasteiger partial charge in [-0.2, -0.15) is 0 Å². The number of fused-ring (bicyclic) bond motifs is 1. The van der Waals surface area contributed by atoms with Crippen molar-refractivity contribution < 1.29 is 27.1 Å². The van der Waals surface area contributed by atoms with Crippen LogP contribution in [0.2, 0.25) is 0 Å². The van der Waals surface area contributed by atoms with E-state index in [1.54, 1.807) is 23.6 Å². The summed E-state index contributed by atoms with van der Waals surface area (Å²) >= 11 is 0. The van der Waals surface area contributed by atoms with E-state index in [0.717, 1.165) is 16.1 Å². The van der Waals surface area contributed by atoms with E-state index in [1.807, 2.05) is 0 Å². The van der Waals surface area contributed by atoms with Crippen LogP contribution in [0, 0.1) is 18.6 Å². The Morgan fingerprint density at radius 1 is 1.03 bits per heavy atom. The first-order valence-electron chi connectivity index (χ1n) is 9.35. The lowest BCUT2D eigenvalue weighted by Gasteiger charge is -2.11. The Bertz CT molecular complexity index is 1400. The van der Waals surface area contributed by atoms with E-state index in [9.17, 15) is 27.1 Å². The molecule has 0 amide bonds. The average molecular weight is 444 g/mol. The van der Waals surface area contributed by atoms with Crippen LogP contribution in [-0.4, -0.2) is 28.0 Å². The highest BCUT2D eigenvalue weighted by molar-refractivity contribution is 7.90. The molecule has 2 aromatic heterocycles. The van der Waals surface area contributed by atoms with Gasteiger partial charge < -0.3 is 9.67 Å². The topological polar surface area (TPSA) is 81.3 Å². The first-order valence-corrected chi connectivity index (χ1v) is 10.8. The molecule has 4 rings (SSSR count). The van der Waals surface area contributed by atoms with E-state index in [2.05, 4.69) is 0 Å². The summed E-state index contributed by atoms with van der Waals surface area (Å²) in [5.41, 5.74) is 2.20. The minimum absolute atomic E-state index is 0.0672. The number of aromatic nitrogens is 2. The highest BCUT2D eigenvalue weighted by Crippen LogP contribution is 2.30. The van der Waals surface area contributed by atoms with Crippen LogP contribution in [0.5, 0.6) is 0 Å². The Morgan fingerprint density at radius 2 is 1.71 bits per heavy atom. The fourth-order valence-corrected chi connectivity index (χ4v) is 5.13. The molecule has 31 heavy (non-hydrogen) atoms. The normalized spacial score (nSPS) is 11.8. The first-order chi connectivity index (χ1) is 14.7. The Labute approximate surface area is 177 Å². The van der Waals surface area contributed by atoms with E-state index < -0.39 is 27.6 Å². The molecule has 4 aromatic rings. The molecule has 0 fully saturated rings. The maximum atomic E-state index is 14.0. The Hall–Kier alpha value is -3.46. The summed E-state index contributed by atoms with van der Waals surface area (Å²) in [7, 11) is -3.97. The first kappa shape index (κ1) is 20.8. The van der Waals surface area contributed by atoms with Gasteiger partial charge in [-0.05, 0) is 67.1 Å². The fraction of sp³-hybridized carbons (Fsp3) is 0.136. The number of benzene rings is 2. The molecule has 0 bridgehead atoms. The third kappa shape index (κ3) is 3.72. The maximum Gasteiger partial charge on any atom is 0.323 e. The molecule has 0 atom stereocenters. The number of hydrogen-bond acceptors (Lipinski definition) is 3. The second-order valence-electron chi connectivity index (χ2n) is 7.14. The number of rotatable bonds is 6. The summed E-state index contributed by atoms with van der Waals surface area (Å²) in [5.74, 6) is -2.07. The summed E-state index contributed by atoms with van der Waals surface area (Å²) in [6.45, 7) is 1.42. The molecule has 0 aliphatic heterocycles. The van der Waals surface area contributed by atoms with E-state index >= 15 is 0 Å². The van der Waals surface area contributed by atoms with Gasteiger partial charge in [0.15, 0.2) is 0 Å². The minimum atomic E-state index is -3.97. The van der Waals surface area contributed by atoms with Gasteiger partial charge in [-0.15, -0.1) is 0 Å². The fourth-order valence-electron chi connectivity index (χ4n) is 3.76. The van der Waals surface area contributed by atoms with Crippen molar-refractivity contribution in [2.24, 2.45) is 0 Å². The molecule has 2 aromatic carbocycles. The lowest BCUT2D eigenvalue weighted by molar-refractivity contribution is -0.137. The molecular weight excluding hydrogens is 426 g/mol. The van der Waals surface area contributed by atoms with Crippen LogP contribution in [0.4, 0.5) is 8.78 Å². The molecule has 6 nitrogen and oxygen atoms in total. The van der Waals surface area contributed by atoms with Gasteiger partial charge in [0.2, 0.25) is 0 Å². The molecule has 0 saturated carbocycles. The van der Waals surface area contributed by atoms with Crippen LogP contribution in [0.1, 0.15) is 17.0 Å². The van der Waals surface area contributed by atoms with E-state index in [1.165, 1.54) is 36.5 Å². The average Bonchev–Trinajstić information content (AvgIpc) is 3.27. The lowest BCUT2D eigenvalue weighted by atomic mass is 10.1. The number of hydrogen-bond donors (Lipinski definition) is 1. The summed E-state index contributed by atoms with van der Waals surface area (Å²) in [6, 6.07) is 11.8. The highest BCUT2D eigenvalue weighted by atomic mass is 32.2. The third-order valence-corrected chi connectivity index (χ3v) is 6.97. The zero-order valence-electron chi connectivity index (χ0n) is 16.4. The summed E-state index contributed by atoms with van der Waals surface area (Å²) < 4.78 is 56.0. The van der Waals surface area contributed by atoms with Gasteiger partial charge in [-0.25, -0.2) is 21.2 Å². The smallest absolute Gasteiger partial charge is 0.323 e. The van der Waals surface area contributed by atoms with Gasteiger partial charge in [0.25, 0.3) is 10.0 Å². The van der Waals surface area contributed by atoms with Gasteiger partial charge >= 0.3 is 5.97 Å². The summed E-state index contributed by atoms with van der Waals surface area (Å²) in [4.78, 5) is 11.3. The molecule has 160 valence electrons. The Kier molecular flexibility index (Phi) is 5.14. The van der Waals surface area contributed by atoms with Crippen LogP contribution < -0.4 is 0 Å². The molecule has 0 radical (unpaired) electrons. The molecule has 0 saturated heterocycles. The molecule has 0 unspecified atom stereocenters. The number of carboxylic acids is 1. The second-order valence-corrected chi connectivity index (χ2v) is 8.95. The molecule has 1 N–H and O–H groups in total. The molecule has 0 aliphatic carbocycles. The van der Waals surface area contributed by atoms with Crippen molar-refractivity contribution in [1.82, 2.24) is 8.54 Å². The van der Waals surface area contributed by atoms with Gasteiger partial charge in [0, 0.05) is 34.9 Å². The largest absolute Gasteiger partial charge is 0.480 e. The van der Waals surface area contributed by atoms with Gasteiger partial charge in [-0.1, -0.05) is 0 Å². The van der Waals surface area contributed by atoms with E-state index in [0.29, 0.717) is 27.9 Å². The van der Waals surface area contributed by atoms with Gasteiger partial charge in [0.05, 0.1) is 4.90 Å².